The van der Waals surface area contributed by atoms with Crippen LogP contribution in [0.15, 0.2) is 18.2 Å². The van der Waals surface area contributed by atoms with Gasteiger partial charge in [-0.3, -0.25) is 0 Å². The lowest BCUT2D eigenvalue weighted by Gasteiger charge is -2.33. The number of aliphatic hydroxyl groups is 1. The van der Waals surface area contributed by atoms with Gasteiger partial charge in [0.05, 0.1) is 11.1 Å². The van der Waals surface area contributed by atoms with Gasteiger partial charge < -0.3 is 15.7 Å². The number of thiocarbonyl (C=S) groups is 1. The summed E-state index contributed by atoms with van der Waals surface area (Å²) >= 11 is 5.12. The summed E-state index contributed by atoms with van der Waals surface area (Å²) in [7, 11) is 0. The van der Waals surface area contributed by atoms with Crippen LogP contribution >= 0.6 is 12.2 Å². The van der Waals surface area contributed by atoms with Crippen molar-refractivity contribution >= 4 is 23.0 Å². The van der Waals surface area contributed by atoms with Crippen LogP contribution in [0, 0.1) is 5.92 Å². The molecule has 2 atom stereocenters. The number of hydrogen-bond acceptors (Lipinski definition) is 2. The monoisotopic (exact) mass is 428 g/mol. The van der Waals surface area contributed by atoms with Gasteiger partial charge in [0.25, 0.3) is 0 Å². The average Bonchev–Trinajstić information content (AvgIpc) is 2.59. The summed E-state index contributed by atoms with van der Waals surface area (Å²) in [4.78, 5) is 0. The van der Waals surface area contributed by atoms with Crippen molar-refractivity contribution in [3.63, 3.8) is 0 Å². The molecule has 0 radical (unpaired) electrons. The molecule has 0 aliphatic heterocycles. The molecule has 28 heavy (non-hydrogen) atoms. The Balaban J connectivity index is 2.14. The standard InChI is InChI=1S/C18H22F6N2OS/c19-17(20,21)12-8-13(18(22,23)24)10-14(9-12)25-16(28)26-15-6-2-1-4-11(15)5-3-7-27/h8-11,15,27H,1-7H2,(H2,25,26,28)/t11-,15+/m0/s1. The van der Waals surface area contributed by atoms with E-state index in [1.165, 1.54) is 0 Å². The minimum Gasteiger partial charge on any atom is -0.396 e. The van der Waals surface area contributed by atoms with Crippen LogP contribution in [0.4, 0.5) is 32.0 Å². The molecule has 1 aliphatic rings. The van der Waals surface area contributed by atoms with Gasteiger partial charge in [-0.15, -0.1) is 0 Å². The van der Waals surface area contributed by atoms with Gasteiger partial charge in [0, 0.05) is 18.3 Å². The maximum atomic E-state index is 13.0. The molecule has 0 heterocycles. The highest BCUT2D eigenvalue weighted by molar-refractivity contribution is 7.80. The molecule has 0 amide bonds. The molecule has 0 spiro atoms. The molecule has 0 bridgehead atoms. The molecule has 10 heteroatoms. The van der Waals surface area contributed by atoms with Gasteiger partial charge in [-0.25, -0.2) is 0 Å². The van der Waals surface area contributed by atoms with Crippen LogP contribution in [-0.2, 0) is 12.4 Å². The molecular formula is C18H22F6N2OS. The van der Waals surface area contributed by atoms with Gasteiger partial charge in [-0.05, 0) is 62.0 Å². The van der Waals surface area contributed by atoms with Crippen molar-refractivity contribution < 1.29 is 31.4 Å². The first kappa shape index (κ1) is 22.7. The third-order valence-electron chi connectivity index (χ3n) is 4.80. The van der Waals surface area contributed by atoms with E-state index in [4.69, 9.17) is 17.3 Å². The third-order valence-corrected chi connectivity index (χ3v) is 5.02. The summed E-state index contributed by atoms with van der Waals surface area (Å²) in [6.45, 7) is 0.0658. The second-order valence-corrected chi connectivity index (χ2v) is 7.32. The fraction of sp³-hybridized carbons (Fsp3) is 0.611. The Bertz CT molecular complexity index is 645. The predicted octanol–water partition coefficient (Wildman–Crippen LogP) is 5.34. The van der Waals surface area contributed by atoms with Crippen LogP contribution in [0.25, 0.3) is 0 Å². The lowest BCUT2D eigenvalue weighted by molar-refractivity contribution is -0.143. The van der Waals surface area contributed by atoms with E-state index in [0.717, 1.165) is 32.1 Å². The number of halogens is 6. The van der Waals surface area contributed by atoms with Crippen molar-refractivity contribution in [2.45, 2.75) is 56.9 Å². The number of anilines is 1. The third kappa shape index (κ3) is 6.51. The van der Waals surface area contributed by atoms with E-state index >= 15 is 0 Å². The number of aliphatic hydroxyl groups excluding tert-OH is 1. The summed E-state index contributed by atoms with van der Waals surface area (Å²) in [5.74, 6) is 0.243. The zero-order valence-corrected chi connectivity index (χ0v) is 15.8. The fourth-order valence-electron chi connectivity index (χ4n) is 3.46. The normalized spacial score (nSPS) is 20.7. The molecule has 158 valence electrons. The van der Waals surface area contributed by atoms with Gasteiger partial charge in [0.1, 0.15) is 0 Å². The van der Waals surface area contributed by atoms with Gasteiger partial charge in [0.2, 0.25) is 0 Å². The van der Waals surface area contributed by atoms with E-state index in [-0.39, 0.29) is 35.4 Å². The number of hydrogen-bond donors (Lipinski definition) is 3. The van der Waals surface area contributed by atoms with Crippen LogP contribution < -0.4 is 10.6 Å². The van der Waals surface area contributed by atoms with Crippen LogP contribution in [0.3, 0.4) is 0 Å². The smallest absolute Gasteiger partial charge is 0.396 e. The first-order valence-corrected chi connectivity index (χ1v) is 9.39. The molecule has 1 aromatic rings. The Kier molecular flexibility index (Phi) is 7.55. The highest BCUT2D eigenvalue weighted by Crippen LogP contribution is 2.37. The first-order valence-electron chi connectivity index (χ1n) is 8.98. The van der Waals surface area contributed by atoms with Crippen molar-refractivity contribution in [3.8, 4) is 0 Å². The summed E-state index contributed by atoms with van der Waals surface area (Å²) in [6, 6.07) is 1.25. The maximum Gasteiger partial charge on any atom is 0.416 e. The minimum absolute atomic E-state index is 0.0200. The van der Waals surface area contributed by atoms with Crippen molar-refractivity contribution in [2.75, 3.05) is 11.9 Å². The summed E-state index contributed by atoms with van der Waals surface area (Å²) in [5, 5.41) is 14.5. The lowest BCUT2D eigenvalue weighted by Crippen LogP contribution is -2.44. The second kappa shape index (κ2) is 9.30. The summed E-state index contributed by atoms with van der Waals surface area (Å²) in [5.41, 5.74) is -3.17. The Morgan fingerprint density at radius 2 is 1.57 bits per heavy atom. The van der Waals surface area contributed by atoms with Gasteiger partial charge in [0.15, 0.2) is 5.11 Å². The molecule has 1 fully saturated rings. The Labute approximate surface area is 164 Å². The minimum atomic E-state index is -4.91. The quantitative estimate of drug-likeness (QED) is 0.438. The predicted molar refractivity (Wildman–Crippen MR) is 97.9 cm³/mol. The summed E-state index contributed by atoms with van der Waals surface area (Å²) in [6.07, 6.45) is -4.69. The SMILES string of the molecule is OCCC[C@@H]1CCCC[C@H]1NC(=S)Nc1cc(C(F)(F)F)cc(C(F)(F)F)c1. The number of alkyl halides is 6. The number of nitrogens with one attached hydrogen (secondary N) is 2. The average molecular weight is 428 g/mol. The molecule has 2 rings (SSSR count). The van der Waals surface area contributed by atoms with Crippen molar-refractivity contribution in [3.05, 3.63) is 29.3 Å². The fourth-order valence-corrected chi connectivity index (χ4v) is 3.73. The maximum absolute atomic E-state index is 13.0. The van der Waals surface area contributed by atoms with Crippen LogP contribution in [0.5, 0.6) is 0 Å². The highest BCUT2D eigenvalue weighted by atomic mass is 32.1. The van der Waals surface area contributed by atoms with Crippen molar-refractivity contribution in [1.82, 2.24) is 5.32 Å². The molecule has 3 N–H and O–H groups in total. The largest absolute Gasteiger partial charge is 0.416 e. The van der Waals surface area contributed by atoms with E-state index < -0.39 is 23.5 Å². The zero-order chi connectivity index (χ0) is 20.9. The Morgan fingerprint density at radius 1 is 1.00 bits per heavy atom. The number of rotatable bonds is 5. The van der Waals surface area contributed by atoms with E-state index in [1.807, 2.05) is 0 Å². The van der Waals surface area contributed by atoms with E-state index in [1.54, 1.807) is 0 Å². The molecule has 0 saturated heterocycles. The lowest BCUT2D eigenvalue weighted by atomic mass is 9.82. The van der Waals surface area contributed by atoms with Gasteiger partial charge >= 0.3 is 12.4 Å². The zero-order valence-electron chi connectivity index (χ0n) is 15.0. The molecule has 0 aromatic heterocycles. The molecule has 3 nitrogen and oxygen atoms in total. The highest BCUT2D eigenvalue weighted by Gasteiger charge is 2.37. The molecule has 0 unspecified atom stereocenters. The Hall–Kier alpha value is -1.55. The van der Waals surface area contributed by atoms with Gasteiger partial charge in [-0.1, -0.05) is 12.8 Å². The van der Waals surface area contributed by atoms with Crippen LogP contribution in [0.2, 0.25) is 0 Å². The molecule has 1 aliphatic carbocycles. The van der Waals surface area contributed by atoms with Crippen molar-refractivity contribution in [2.24, 2.45) is 5.92 Å². The number of benzene rings is 1. The van der Waals surface area contributed by atoms with Crippen LogP contribution in [-0.4, -0.2) is 22.9 Å². The molecular weight excluding hydrogens is 406 g/mol. The second-order valence-electron chi connectivity index (χ2n) is 6.91. The van der Waals surface area contributed by atoms with Gasteiger partial charge in [-0.2, -0.15) is 26.3 Å². The van der Waals surface area contributed by atoms with E-state index in [2.05, 4.69) is 10.6 Å². The van der Waals surface area contributed by atoms with Crippen molar-refractivity contribution in [1.29, 1.82) is 0 Å². The summed E-state index contributed by atoms with van der Waals surface area (Å²) < 4.78 is 77.7. The molecule has 1 aromatic carbocycles. The van der Waals surface area contributed by atoms with E-state index in [9.17, 15) is 26.3 Å². The van der Waals surface area contributed by atoms with Crippen LogP contribution in [0.1, 0.15) is 49.7 Å². The Morgan fingerprint density at radius 3 is 2.11 bits per heavy atom. The molecule has 1 saturated carbocycles. The topological polar surface area (TPSA) is 44.3 Å². The first-order chi connectivity index (χ1) is 13.0. The van der Waals surface area contributed by atoms with E-state index in [0.29, 0.717) is 18.6 Å².